The normalized spacial score (nSPS) is 29.8. The number of rotatable bonds is 4. The molecule has 0 N–H and O–H groups in total. The largest absolute Gasteiger partial charge is 0.444 e. The average Bonchev–Trinajstić information content (AvgIpc) is 2.89. The third kappa shape index (κ3) is 5.33. The Balaban J connectivity index is 1.85. The van der Waals surface area contributed by atoms with Crippen LogP contribution in [0.1, 0.15) is 40.5 Å². The fraction of sp³-hybridized carbons (Fsp3) is 0.941. The summed E-state index contributed by atoms with van der Waals surface area (Å²) >= 11 is 0. The van der Waals surface area contributed by atoms with Crippen LogP contribution in [0.25, 0.3) is 0 Å². The van der Waals surface area contributed by atoms with Gasteiger partial charge < -0.3 is 24.0 Å². The standard InChI is InChI=1S/C17H32N2O4/c1-6-17(22-12-14-11-18(5)9-10-21-14)7-8-19(13-17)15(20)23-16(2,3)4/h14H,6-13H2,1-5H3. The van der Waals surface area contributed by atoms with Gasteiger partial charge in [0.05, 0.1) is 31.5 Å². The zero-order chi connectivity index (χ0) is 17.1. The lowest BCUT2D eigenvalue weighted by Gasteiger charge is -2.34. The lowest BCUT2D eigenvalue weighted by Crippen LogP contribution is -2.46. The van der Waals surface area contributed by atoms with Crippen molar-refractivity contribution in [1.82, 2.24) is 9.80 Å². The molecule has 0 aromatic rings. The maximum Gasteiger partial charge on any atom is 0.410 e. The number of likely N-dealkylation sites (N-methyl/N-ethyl adjacent to an activating group) is 1. The Hall–Kier alpha value is -0.850. The molecule has 6 heteroatoms. The van der Waals surface area contributed by atoms with Crippen molar-refractivity contribution in [3.05, 3.63) is 0 Å². The van der Waals surface area contributed by atoms with Crippen LogP contribution >= 0.6 is 0 Å². The molecule has 2 unspecified atom stereocenters. The van der Waals surface area contributed by atoms with Crippen molar-refractivity contribution in [2.24, 2.45) is 0 Å². The highest BCUT2D eigenvalue weighted by Crippen LogP contribution is 2.30. The van der Waals surface area contributed by atoms with E-state index in [1.165, 1.54) is 0 Å². The number of carbonyl (C=O) groups is 1. The van der Waals surface area contributed by atoms with Gasteiger partial charge in [0.2, 0.25) is 0 Å². The molecule has 2 rings (SSSR count). The van der Waals surface area contributed by atoms with Crippen molar-refractivity contribution in [2.45, 2.75) is 57.8 Å². The minimum absolute atomic E-state index is 0.118. The first kappa shape index (κ1) is 18.5. The number of ether oxygens (including phenoxy) is 3. The Morgan fingerprint density at radius 1 is 1.35 bits per heavy atom. The van der Waals surface area contributed by atoms with Gasteiger partial charge in [-0.1, -0.05) is 6.92 Å². The third-order valence-corrected chi connectivity index (χ3v) is 4.53. The average molecular weight is 328 g/mol. The van der Waals surface area contributed by atoms with Crippen LogP contribution in [0.5, 0.6) is 0 Å². The predicted molar refractivity (Wildman–Crippen MR) is 88.6 cm³/mol. The molecule has 0 radical (unpaired) electrons. The van der Waals surface area contributed by atoms with E-state index in [-0.39, 0.29) is 17.8 Å². The molecule has 2 aliphatic heterocycles. The van der Waals surface area contributed by atoms with E-state index in [1.54, 1.807) is 4.90 Å². The van der Waals surface area contributed by atoms with E-state index >= 15 is 0 Å². The molecule has 0 spiro atoms. The smallest absolute Gasteiger partial charge is 0.410 e. The van der Waals surface area contributed by atoms with Gasteiger partial charge in [-0.3, -0.25) is 0 Å². The number of amides is 1. The summed E-state index contributed by atoms with van der Waals surface area (Å²) in [5.74, 6) is 0. The predicted octanol–water partition coefficient (Wildman–Crippen LogP) is 2.12. The highest BCUT2D eigenvalue weighted by Gasteiger charge is 2.41. The number of morpholine rings is 1. The Morgan fingerprint density at radius 3 is 2.70 bits per heavy atom. The Morgan fingerprint density at radius 2 is 2.09 bits per heavy atom. The molecule has 2 fully saturated rings. The van der Waals surface area contributed by atoms with Gasteiger partial charge in [-0.25, -0.2) is 4.79 Å². The second-order valence-corrected chi connectivity index (χ2v) is 7.75. The second-order valence-electron chi connectivity index (χ2n) is 7.75. The molecule has 6 nitrogen and oxygen atoms in total. The number of carbonyl (C=O) groups excluding carboxylic acids is 1. The van der Waals surface area contributed by atoms with Crippen LogP contribution in [0, 0.1) is 0 Å². The van der Waals surface area contributed by atoms with Crippen LogP contribution in [0.4, 0.5) is 4.79 Å². The molecule has 134 valence electrons. The van der Waals surface area contributed by atoms with Crippen molar-refractivity contribution in [1.29, 1.82) is 0 Å². The maximum atomic E-state index is 12.2. The van der Waals surface area contributed by atoms with Gasteiger partial charge in [0.15, 0.2) is 0 Å². The SMILES string of the molecule is CCC1(OCC2CN(C)CCO2)CCN(C(=O)OC(C)(C)C)C1. The van der Waals surface area contributed by atoms with Gasteiger partial charge in [0.1, 0.15) is 5.60 Å². The third-order valence-electron chi connectivity index (χ3n) is 4.53. The molecule has 2 saturated heterocycles. The van der Waals surface area contributed by atoms with Crippen LogP contribution in [-0.4, -0.2) is 79.6 Å². The highest BCUT2D eigenvalue weighted by atomic mass is 16.6. The molecule has 0 bridgehead atoms. The van der Waals surface area contributed by atoms with E-state index in [0.29, 0.717) is 19.7 Å². The van der Waals surface area contributed by atoms with Gasteiger partial charge in [0, 0.05) is 19.6 Å². The molecule has 0 aliphatic carbocycles. The molecule has 23 heavy (non-hydrogen) atoms. The first-order chi connectivity index (χ1) is 10.7. The molecular weight excluding hydrogens is 296 g/mol. The van der Waals surface area contributed by atoms with Crippen molar-refractivity contribution in [3.63, 3.8) is 0 Å². The van der Waals surface area contributed by atoms with Crippen LogP contribution in [0.15, 0.2) is 0 Å². The van der Waals surface area contributed by atoms with Gasteiger partial charge >= 0.3 is 6.09 Å². The van der Waals surface area contributed by atoms with Crippen molar-refractivity contribution < 1.29 is 19.0 Å². The number of hydrogen-bond donors (Lipinski definition) is 0. The van der Waals surface area contributed by atoms with E-state index in [9.17, 15) is 4.79 Å². The lowest BCUT2D eigenvalue weighted by atomic mass is 10.00. The van der Waals surface area contributed by atoms with Gasteiger partial charge in [-0.05, 0) is 40.7 Å². The van der Waals surface area contributed by atoms with Crippen molar-refractivity contribution in [3.8, 4) is 0 Å². The molecule has 0 saturated carbocycles. The zero-order valence-corrected chi connectivity index (χ0v) is 15.3. The van der Waals surface area contributed by atoms with E-state index < -0.39 is 5.60 Å². The summed E-state index contributed by atoms with van der Waals surface area (Å²) in [6.45, 7) is 12.3. The summed E-state index contributed by atoms with van der Waals surface area (Å²) in [6.07, 6.45) is 1.61. The summed E-state index contributed by atoms with van der Waals surface area (Å²) in [5.41, 5.74) is -0.730. The summed E-state index contributed by atoms with van der Waals surface area (Å²) in [4.78, 5) is 16.3. The van der Waals surface area contributed by atoms with Gasteiger partial charge in [-0.15, -0.1) is 0 Å². The van der Waals surface area contributed by atoms with Crippen LogP contribution in [0.3, 0.4) is 0 Å². The van der Waals surface area contributed by atoms with Crippen molar-refractivity contribution >= 4 is 6.09 Å². The summed E-state index contributed by atoms with van der Waals surface area (Å²) in [6, 6.07) is 0. The Kier molecular flexibility index (Phi) is 5.92. The van der Waals surface area contributed by atoms with Crippen LogP contribution in [0.2, 0.25) is 0 Å². The summed E-state index contributed by atoms with van der Waals surface area (Å²) < 4.78 is 17.5. The van der Waals surface area contributed by atoms with Crippen LogP contribution < -0.4 is 0 Å². The fourth-order valence-corrected chi connectivity index (χ4v) is 3.07. The van der Waals surface area contributed by atoms with E-state index in [2.05, 4.69) is 18.9 Å². The quantitative estimate of drug-likeness (QED) is 0.791. The molecule has 2 aliphatic rings. The minimum Gasteiger partial charge on any atom is -0.444 e. The molecular formula is C17H32N2O4. The first-order valence-electron chi connectivity index (χ1n) is 8.65. The minimum atomic E-state index is -0.462. The lowest BCUT2D eigenvalue weighted by molar-refractivity contribution is -0.114. The van der Waals surface area contributed by atoms with Crippen molar-refractivity contribution in [2.75, 3.05) is 46.4 Å². The van der Waals surface area contributed by atoms with Gasteiger partial charge in [0.25, 0.3) is 0 Å². The molecule has 1 amide bonds. The molecule has 2 atom stereocenters. The van der Waals surface area contributed by atoms with E-state index in [0.717, 1.165) is 32.5 Å². The second kappa shape index (κ2) is 7.36. The molecule has 2 heterocycles. The summed E-state index contributed by atoms with van der Waals surface area (Å²) in [7, 11) is 2.10. The fourth-order valence-electron chi connectivity index (χ4n) is 3.07. The zero-order valence-electron chi connectivity index (χ0n) is 15.3. The number of nitrogens with zero attached hydrogens (tertiary/aromatic N) is 2. The Bertz CT molecular complexity index is 410. The summed E-state index contributed by atoms with van der Waals surface area (Å²) in [5, 5.41) is 0. The first-order valence-corrected chi connectivity index (χ1v) is 8.65. The van der Waals surface area contributed by atoms with Crippen LogP contribution in [-0.2, 0) is 14.2 Å². The Labute approximate surface area is 140 Å². The highest BCUT2D eigenvalue weighted by molar-refractivity contribution is 5.68. The molecule has 0 aromatic carbocycles. The number of likely N-dealkylation sites (tertiary alicyclic amines) is 1. The van der Waals surface area contributed by atoms with E-state index in [1.807, 2.05) is 20.8 Å². The number of hydrogen-bond acceptors (Lipinski definition) is 5. The molecule has 0 aromatic heterocycles. The van der Waals surface area contributed by atoms with E-state index in [4.69, 9.17) is 14.2 Å². The van der Waals surface area contributed by atoms with Gasteiger partial charge in [-0.2, -0.15) is 0 Å². The monoisotopic (exact) mass is 328 g/mol. The topological polar surface area (TPSA) is 51.2 Å². The maximum absolute atomic E-state index is 12.2.